The third-order valence-corrected chi connectivity index (χ3v) is 6.72. The van der Waals surface area contributed by atoms with Gasteiger partial charge in [0.1, 0.15) is 17.7 Å². The molecule has 0 N–H and O–H groups in total. The second kappa shape index (κ2) is 9.67. The zero-order chi connectivity index (χ0) is 23.6. The first-order chi connectivity index (χ1) is 15.7. The van der Waals surface area contributed by atoms with Crippen molar-refractivity contribution in [1.29, 1.82) is 0 Å². The number of fused-ring (bicyclic) bond motifs is 1. The third kappa shape index (κ3) is 5.64. The summed E-state index contributed by atoms with van der Waals surface area (Å²) in [6.07, 6.45) is 3.27. The van der Waals surface area contributed by atoms with Crippen LogP contribution in [0.3, 0.4) is 0 Å². The number of piperidine rings is 1. The molecular formula is C26H37N5O2. The number of likely N-dealkylation sites (N-methyl/N-ethyl adjacent to an activating group) is 1. The van der Waals surface area contributed by atoms with Gasteiger partial charge in [0.15, 0.2) is 0 Å². The highest BCUT2D eigenvalue weighted by molar-refractivity contribution is 5.69. The van der Waals surface area contributed by atoms with Gasteiger partial charge in [-0.3, -0.25) is 4.90 Å². The molecule has 0 spiro atoms. The quantitative estimate of drug-likeness (QED) is 0.697. The van der Waals surface area contributed by atoms with Gasteiger partial charge in [-0.25, -0.2) is 14.8 Å². The Morgan fingerprint density at radius 3 is 2.67 bits per heavy atom. The van der Waals surface area contributed by atoms with Crippen molar-refractivity contribution in [2.75, 3.05) is 31.6 Å². The summed E-state index contributed by atoms with van der Waals surface area (Å²) in [6, 6.07) is 11.1. The van der Waals surface area contributed by atoms with Gasteiger partial charge >= 0.3 is 6.09 Å². The van der Waals surface area contributed by atoms with E-state index in [4.69, 9.17) is 9.72 Å². The molecule has 0 aliphatic carbocycles. The van der Waals surface area contributed by atoms with Crippen LogP contribution in [0.5, 0.6) is 0 Å². The van der Waals surface area contributed by atoms with Gasteiger partial charge in [-0.05, 0) is 51.6 Å². The molecule has 2 aromatic rings. The zero-order valence-electron chi connectivity index (χ0n) is 20.6. The van der Waals surface area contributed by atoms with E-state index in [0.29, 0.717) is 25.0 Å². The van der Waals surface area contributed by atoms with Crippen molar-refractivity contribution in [3.05, 3.63) is 53.5 Å². The molecule has 178 valence electrons. The molecule has 7 nitrogen and oxygen atoms in total. The van der Waals surface area contributed by atoms with Gasteiger partial charge in [-0.15, -0.1) is 0 Å². The van der Waals surface area contributed by atoms with E-state index < -0.39 is 5.60 Å². The van der Waals surface area contributed by atoms with Crippen LogP contribution in [0.15, 0.2) is 36.7 Å². The van der Waals surface area contributed by atoms with Crippen LogP contribution in [0.4, 0.5) is 10.6 Å². The fourth-order valence-electron chi connectivity index (χ4n) is 4.88. The maximum atomic E-state index is 12.6. The maximum absolute atomic E-state index is 12.6. The Labute approximate surface area is 197 Å². The molecule has 0 radical (unpaired) electrons. The number of anilines is 1. The first kappa shape index (κ1) is 23.5. The van der Waals surface area contributed by atoms with E-state index in [1.165, 1.54) is 12.0 Å². The number of carbonyl (C=O) groups excluding carboxylic acids is 1. The van der Waals surface area contributed by atoms with Crippen LogP contribution in [-0.2, 0) is 24.2 Å². The van der Waals surface area contributed by atoms with Gasteiger partial charge in [0.25, 0.3) is 0 Å². The Hall–Kier alpha value is -2.67. The number of nitrogens with zero attached hydrogens (tertiary/aromatic N) is 5. The molecule has 3 heterocycles. The van der Waals surface area contributed by atoms with Crippen molar-refractivity contribution < 1.29 is 9.53 Å². The van der Waals surface area contributed by atoms with Crippen molar-refractivity contribution in [3.63, 3.8) is 0 Å². The van der Waals surface area contributed by atoms with Crippen molar-refractivity contribution >= 4 is 11.9 Å². The average Bonchev–Trinajstić information content (AvgIpc) is 2.78. The van der Waals surface area contributed by atoms with E-state index in [1.807, 2.05) is 20.8 Å². The summed E-state index contributed by atoms with van der Waals surface area (Å²) in [5, 5.41) is 0. The van der Waals surface area contributed by atoms with Crippen LogP contribution < -0.4 is 4.90 Å². The first-order valence-corrected chi connectivity index (χ1v) is 12.0. The summed E-state index contributed by atoms with van der Waals surface area (Å²) >= 11 is 0. The van der Waals surface area contributed by atoms with E-state index in [9.17, 15) is 4.79 Å². The topological polar surface area (TPSA) is 61.8 Å². The van der Waals surface area contributed by atoms with E-state index >= 15 is 0 Å². The van der Waals surface area contributed by atoms with Crippen LogP contribution >= 0.6 is 0 Å². The number of rotatable bonds is 4. The highest BCUT2D eigenvalue weighted by Gasteiger charge is 2.33. The Balaban J connectivity index is 1.48. The third-order valence-electron chi connectivity index (χ3n) is 6.72. The van der Waals surface area contributed by atoms with Crippen molar-refractivity contribution in [2.24, 2.45) is 5.92 Å². The summed E-state index contributed by atoms with van der Waals surface area (Å²) in [5.74, 6) is 1.58. The summed E-state index contributed by atoms with van der Waals surface area (Å²) in [5.41, 5.74) is 2.94. The van der Waals surface area contributed by atoms with Gasteiger partial charge in [-0.2, -0.15) is 0 Å². The lowest BCUT2D eigenvalue weighted by molar-refractivity contribution is 0.0220. The normalized spacial score (nSPS) is 21.4. The number of amides is 1. The first-order valence-electron chi connectivity index (χ1n) is 12.0. The molecule has 7 heteroatoms. The van der Waals surface area contributed by atoms with Crippen LogP contribution in [-0.4, -0.2) is 64.2 Å². The molecule has 33 heavy (non-hydrogen) atoms. The van der Waals surface area contributed by atoms with Crippen LogP contribution in [0, 0.1) is 5.92 Å². The molecule has 0 bridgehead atoms. The fourth-order valence-corrected chi connectivity index (χ4v) is 4.88. The molecule has 2 aliphatic rings. The van der Waals surface area contributed by atoms with E-state index in [0.717, 1.165) is 43.1 Å². The van der Waals surface area contributed by atoms with Crippen LogP contribution in [0.1, 0.15) is 50.9 Å². The molecule has 2 aliphatic heterocycles. The van der Waals surface area contributed by atoms with E-state index in [-0.39, 0.29) is 6.09 Å². The number of carbonyl (C=O) groups is 1. The zero-order valence-corrected chi connectivity index (χ0v) is 20.6. The molecule has 0 saturated carbocycles. The van der Waals surface area contributed by atoms with E-state index in [1.54, 1.807) is 11.2 Å². The Morgan fingerprint density at radius 1 is 1.18 bits per heavy atom. The van der Waals surface area contributed by atoms with Gasteiger partial charge in [0.05, 0.1) is 12.2 Å². The van der Waals surface area contributed by atoms with Crippen LogP contribution in [0.2, 0.25) is 0 Å². The maximum Gasteiger partial charge on any atom is 0.410 e. The molecular weight excluding hydrogens is 414 g/mol. The number of hydrogen-bond donors (Lipinski definition) is 0. The fraction of sp³-hybridized carbons (Fsp3) is 0.577. The lowest BCUT2D eigenvalue weighted by Crippen LogP contribution is -2.51. The number of likely N-dealkylation sites (tertiary alicyclic amines) is 1. The van der Waals surface area contributed by atoms with Gasteiger partial charge in [0, 0.05) is 38.3 Å². The second-order valence-corrected chi connectivity index (χ2v) is 10.4. The molecule has 0 unspecified atom stereocenters. The standard InChI is InChI=1S/C26H37N5O2/c1-19-11-13-30(15-20-9-7-6-8-10-20)17-23(19)29(5)24-21-12-14-31(16-22(21)27-18-28-24)25(32)33-26(2,3)4/h6-10,18-19,23H,11-17H2,1-5H3/t19-,23+/m1/s1. The molecule has 1 fully saturated rings. The predicted octanol–water partition coefficient (Wildman–Crippen LogP) is 4.12. The van der Waals surface area contributed by atoms with Crippen LogP contribution in [0.25, 0.3) is 0 Å². The molecule has 1 aromatic carbocycles. The Bertz CT molecular complexity index is 959. The molecule has 4 rings (SSSR count). The Kier molecular flexibility index (Phi) is 6.88. The summed E-state index contributed by atoms with van der Waals surface area (Å²) < 4.78 is 5.57. The number of hydrogen-bond acceptors (Lipinski definition) is 6. The van der Waals surface area contributed by atoms with Gasteiger partial charge in [-0.1, -0.05) is 37.3 Å². The second-order valence-electron chi connectivity index (χ2n) is 10.4. The minimum atomic E-state index is -0.503. The lowest BCUT2D eigenvalue weighted by atomic mass is 9.91. The highest BCUT2D eigenvalue weighted by atomic mass is 16.6. The van der Waals surface area contributed by atoms with Gasteiger partial charge < -0.3 is 14.5 Å². The highest BCUT2D eigenvalue weighted by Crippen LogP contribution is 2.31. The monoisotopic (exact) mass is 451 g/mol. The summed E-state index contributed by atoms with van der Waals surface area (Å²) in [7, 11) is 2.16. The molecule has 1 saturated heterocycles. The molecule has 2 atom stereocenters. The van der Waals surface area contributed by atoms with Crippen molar-refractivity contribution in [2.45, 2.75) is 65.3 Å². The SMILES string of the molecule is C[C@@H]1CCN(Cc2ccccc2)C[C@@H]1N(C)c1ncnc2c1CCN(C(=O)OC(C)(C)C)C2. The smallest absolute Gasteiger partial charge is 0.410 e. The number of aromatic nitrogens is 2. The van der Waals surface area contributed by atoms with E-state index in [2.05, 4.69) is 59.1 Å². The summed E-state index contributed by atoms with van der Waals surface area (Å²) in [4.78, 5) is 28.4. The van der Waals surface area contributed by atoms with Gasteiger partial charge in [0.2, 0.25) is 0 Å². The lowest BCUT2D eigenvalue weighted by Gasteiger charge is -2.43. The minimum absolute atomic E-state index is 0.279. The average molecular weight is 452 g/mol. The number of benzene rings is 1. The molecule has 1 aromatic heterocycles. The summed E-state index contributed by atoms with van der Waals surface area (Å²) in [6.45, 7) is 12.2. The predicted molar refractivity (Wildman–Crippen MR) is 130 cm³/mol. The molecule has 1 amide bonds. The minimum Gasteiger partial charge on any atom is -0.444 e. The number of ether oxygens (including phenoxy) is 1. The van der Waals surface area contributed by atoms with Crippen molar-refractivity contribution in [1.82, 2.24) is 19.8 Å². The Morgan fingerprint density at radius 2 is 1.94 bits per heavy atom. The largest absolute Gasteiger partial charge is 0.444 e. The van der Waals surface area contributed by atoms with Crippen molar-refractivity contribution in [3.8, 4) is 0 Å².